The van der Waals surface area contributed by atoms with E-state index < -0.39 is 0 Å². The fraction of sp³-hybridized carbons (Fsp3) is 0.263. The monoisotopic (exact) mass is 350 g/mol. The van der Waals surface area contributed by atoms with Crippen LogP contribution in [0.5, 0.6) is 5.88 Å². The highest BCUT2D eigenvalue weighted by Gasteiger charge is 2.28. The van der Waals surface area contributed by atoms with Crippen molar-refractivity contribution in [3.8, 4) is 11.9 Å². The lowest BCUT2D eigenvalue weighted by atomic mass is 10.2. The van der Waals surface area contributed by atoms with Gasteiger partial charge in [0.2, 0.25) is 11.8 Å². The Kier molecular flexibility index (Phi) is 5.44. The third-order valence-electron chi connectivity index (χ3n) is 4.09. The normalized spacial score (nSPS) is 16.0. The number of rotatable bonds is 5. The number of ether oxygens (including phenoxy) is 1. The molecule has 0 spiro atoms. The van der Waals surface area contributed by atoms with Crippen molar-refractivity contribution < 1.29 is 14.3 Å². The average molecular weight is 350 g/mol. The molecule has 1 unspecified atom stereocenters. The van der Waals surface area contributed by atoms with E-state index in [9.17, 15) is 9.59 Å². The van der Waals surface area contributed by atoms with Gasteiger partial charge in [-0.15, -0.1) is 0 Å². The first-order chi connectivity index (χ1) is 12.7. The zero-order valence-electron chi connectivity index (χ0n) is 14.1. The Bertz CT molecular complexity index is 832. The summed E-state index contributed by atoms with van der Waals surface area (Å²) < 4.78 is 5.75. The van der Waals surface area contributed by atoms with Crippen molar-refractivity contribution in [1.82, 2.24) is 15.2 Å². The summed E-state index contributed by atoms with van der Waals surface area (Å²) in [5, 5.41) is 11.5. The third kappa shape index (κ3) is 4.36. The quantitative estimate of drug-likeness (QED) is 0.878. The molecule has 1 N–H and O–H groups in total. The van der Waals surface area contributed by atoms with E-state index in [2.05, 4.69) is 10.3 Å². The minimum absolute atomic E-state index is 0.0530. The molecule has 1 saturated heterocycles. The third-order valence-corrected chi connectivity index (χ3v) is 4.09. The zero-order chi connectivity index (χ0) is 18.4. The molecule has 7 nitrogen and oxygen atoms in total. The molecule has 0 bridgehead atoms. The number of likely N-dealkylation sites (tertiary alicyclic amines) is 1. The van der Waals surface area contributed by atoms with Gasteiger partial charge in [0.05, 0.1) is 24.7 Å². The van der Waals surface area contributed by atoms with Crippen molar-refractivity contribution >= 4 is 11.8 Å². The second-order valence-electron chi connectivity index (χ2n) is 5.91. The first-order valence-corrected chi connectivity index (χ1v) is 8.29. The average Bonchev–Trinajstić information content (AvgIpc) is 3.15. The van der Waals surface area contributed by atoms with Gasteiger partial charge in [-0.3, -0.25) is 9.59 Å². The largest absolute Gasteiger partial charge is 0.472 e. The van der Waals surface area contributed by atoms with Crippen LogP contribution in [0.15, 0.2) is 48.7 Å². The van der Waals surface area contributed by atoms with Crippen molar-refractivity contribution in [3.63, 3.8) is 0 Å². The number of hydrogen-bond acceptors (Lipinski definition) is 5. The summed E-state index contributed by atoms with van der Waals surface area (Å²) >= 11 is 0. The highest BCUT2D eigenvalue weighted by molar-refractivity contribution is 5.96. The second-order valence-corrected chi connectivity index (χ2v) is 5.91. The molecule has 1 atom stereocenters. The first-order valence-electron chi connectivity index (χ1n) is 8.29. The highest BCUT2D eigenvalue weighted by atomic mass is 16.5. The van der Waals surface area contributed by atoms with Crippen LogP contribution in [0.25, 0.3) is 0 Å². The summed E-state index contributed by atoms with van der Waals surface area (Å²) in [6.07, 6.45) is 2.02. The highest BCUT2D eigenvalue weighted by Crippen LogP contribution is 2.17. The molecule has 1 aromatic heterocycles. The molecule has 1 fully saturated rings. The van der Waals surface area contributed by atoms with Crippen molar-refractivity contribution in [2.24, 2.45) is 0 Å². The van der Waals surface area contributed by atoms with E-state index in [1.165, 1.54) is 6.20 Å². The molecule has 7 heteroatoms. The van der Waals surface area contributed by atoms with Crippen molar-refractivity contribution in [1.29, 1.82) is 5.26 Å². The molecule has 1 aliphatic rings. The molecule has 1 aliphatic heterocycles. The topological polar surface area (TPSA) is 95.3 Å². The number of nitriles is 1. The van der Waals surface area contributed by atoms with Gasteiger partial charge in [-0.05, 0) is 18.2 Å². The smallest absolute Gasteiger partial charge is 0.251 e. The van der Waals surface area contributed by atoms with E-state index in [-0.39, 0.29) is 24.5 Å². The van der Waals surface area contributed by atoms with Gasteiger partial charge in [0.15, 0.2) is 0 Å². The maximum atomic E-state index is 12.3. The van der Waals surface area contributed by atoms with Crippen LogP contribution in [0.1, 0.15) is 22.3 Å². The summed E-state index contributed by atoms with van der Waals surface area (Å²) in [6.45, 7) is 0.934. The Balaban J connectivity index is 1.48. The SMILES string of the molecule is N#Cc1ccnc(OC2CCN(C(=O)CNC(=O)c3ccccc3)C2)c1. The van der Waals surface area contributed by atoms with Gasteiger partial charge in [0.1, 0.15) is 6.10 Å². The van der Waals surface area contributed by atoms with Crippen LogP contribution in [0.3, 0.4) is 0 Å². The number of carbonyl (C=O) groups is 2. The van der Waals surface area contributed by atoms with Gasteiger partial charge >= 0.3 is 0 Å². The van der Waals surface area contributed by atoms with Gasteiger partial charge < -0.3 is 15.0 Å². The minimum atomic E-state index is -0.275. The number of nitrogens with zero attached hydrogens (tertiary/aromatic N) is 3. The predicted octanol–water partition coefficient (Wildman–Crippen LogP) is 1.36. The maximum absolute atomic E-state index is 12.3. The lowest BCUT2D eigenvalue weighted by Crippen LogP contribution is -2.39. The second kappa shape index (κ2) is 8.12. The fourth-order valence-electron chi connectivity index (χ4n) is 2.72. The van der Waals surface area contributed by atoms with Crippen LogP contribution in [0.2, 0.25) is 0 Å². The van der Waals surface area contributed by atoms with Crippen molar-refractivity contribution in [3.05, 3.63) is 59.8 Å². The lowest BCUT2D eigenvalue weighted by molar-refractivity contribution is -0.129. The lowest BCUT2D eigenvalue weighted by Gasteiger charge is -2.17. The van der Waals surface area contributed by atoms with E-state index in [1.807, 2.05) is 12.1 Å². The minimum Gasteiger partial charge on any atom is -0.472 e. The number of amides is 2. The van der Waals surface area contributed by atoms with Gasteiger partial charge in [-0.25, -0.2) is 4.98 Å². The van der Waals surface area contributed by atoms with Crippen LogP contribution < -0.4 is 10.1 Å². The fourth-order valence-corrected chi connectivity index (χ4v) is 2.72. The predicted molar refractivity (Wildman–Crippen MR) is 93.3 cm³/mol. The van der Waals surface area contributed by atoms with Gasteiger partial charge in [0, 0.05) is 30.8 Å². The molecule has 2 heterocycles. The molecule has 0 saturated carbocycles. The summed E-state index contributed by atoms with van der Waals surface area (Å²) in [5.41, 5.74) is 0.996. The Morgan fingerprint density at radius 1 is 1.31 bits per heavy atom. The Hall–Kier alpha value is -3.40. The van der Waals surface area contributed by atoms with E-state index in [4.69, 9.17) is 10.00 Å². The first kappa shape index (κ1) is 17.4. The Morgan fingerprint density at radius 3 is 2.88 bits per heavy atom. The Labute approximate surface area is 151 Å². The number of nitrogens with one attached hydrogen (secondary N) is 1. The van der Waals surface area contributed by atoms with Crippen molar-refractivity contribution in [2.45, 2.75) is 12.5 Å². The van der Waals surface area contributed by atoms with E-state index in [0.29, 0.717) is 36.5 Å². The number of carbonyl (C=O) groups excluding carboxylic acids is 2. The van der Waals surface area contributed by atoms with E-state index >= 15 is 0 Å². The van der Waals surface area contributed by atoms with Gasteiger partial charge in [0.25, 0.3) is 5.91 Å². The molecule has 2 amide bonds. The van der Waals surface area contributed by atoms with Crippen LogP contribution in [-0.2, 0) is 4.79 Å². The van der Waals surface area contributed by atoms with Gasteiger partial charge in [-0.2, -0.15) is 5.26 Å². The standard InChI is InChI=1S/C19H18N4O3/c20-11-14-6-8-21-17(10-14)26-16-7-9-23(13-16)18(24)12-22-19(25)15-4-2-1-3-5-15/h1-6,8,10,16H,7,9,12-13H2,(H,22,25). The number of benzene rings is 1. The summed E-state index contributed by atoms with van der Waals surface area (Å²) in [4.78, 5) is 30.0. The molecular weight excluding hydrogens is 332 g/mol. The maximum Gasteiger partial charge on any atom is 0.251 e. The van der Waals surface area contributed by atoms with Crippen LogP contribution in [0.4, 0.5) is 0 Å². The van der Waals surface area contributed by atoms with Crippen LogP contribution in [-0.4, -0.2) is 47.4 Å². The van der Waals surface area contributed by atoms with Crippen LogP contribution >= 0.6 is 0 Å². The molecule has 3 rings (SSSR count). The Morgan fingerprint density at radius 2 is 2.12 bits per heavy atom. The number of hydrogen-bond donors (Lipinski definition) is 1. The van der Waals surface area contributed by atoms with E-state index in [0.717, 1.165) is 0 Å². The summed E-state index contributed by atoms with van der Waals surface area (Å²) in [6, 6.07) is 14.0. The molecular formula is C19H18N4O3. The summed E-state index contributed by atoms with van der Waals surface area (Å²) in [7, 11) is 0. The molecule has 0 radical (unpaired) electrons. The van der Waals surface area contributed by atoms with Crippen LogP contribution in [0, 0.1) is 11.3 Å². The number of aromatic nitrogens is 1. The zero-order valence-corrected chi connectivity index (χ0v) is 14.1. The number of pyridine rings is 1. The van der Waals surface area contributed by atoms with Gasteiger partial charge in [-0.1, -0.05) is 18.2 Å². The molecule has 26 heavy (non-hydrogen) atoms. The van der Waals surface area contributed by atoms with Crippen molar-refractivity contribution in [2.75, 3.05) is 19.6 Å². The molecule has 2 aromatic rings. The molecule has 1 aromatic carbocycles. The molecule has 0 aliphatic carbocycles. The summed E-state index contributed by atoms with van der Waals surface area (Å²) in [5.74, 6) is -0.0525. The molecule has 132 valence electrons. The van der Waals surface area contributed by atoms with E-state index in [1.54, 1.807) is 41.3 Å².